The van der Waals surface area contributed by atoms with Crippen molar-refractivity contribution in [3.63, 3.8) is 0 Å². The number of carbonyl (C=O) groups excluding carboxylic acids is 2. The van der Waals surface area contributed by atoms with Crippen molar-refractivity contribution in [3.8, 4) is 0 Å². The molecule has 0 aromatic heterocycles. The summed E-state index contributed by atoms with van der Waals surface area (Å²) in [7, 11) is 0. The first kappa shape index (κ1) is 15.7. The molecule has 9 heteroatoms. The number of rotatable bonds is 5. The van der Waals surface area contributed by atoms with Crippen LogP contribution >= 0.6 is 11.6 Å². The molecule has 20 heavy (non-hydrogen) atoms. The summed E-state index contributed by atoms with van der Waals surface area (Å²) in [5, 5.41) is 13.0. The smallest absolute Gasteiger partial charge is 0.326 e. The summed E-state index contributed by atoms with van der Waals surface area (Å²) in [6.07, 6.45) is -0.578. The van der Waals surface area contributed by atoms with Crippen LogP contribution in [0.3, 0.4) is 0 Å². The zero-order valence-corrected chi connectivity index (χ0v) is 10.8. The van der Waals surface area contributed by atoms with Gasteiger partial charge in [0.25, 0.3) is 0 Å². The number of benzene rings is 1. The number of halogens is 2. The van der Waals surface area contributed by atoms with Gasteiger partial charge in [-0.15, -0.1) is 0 Å². The zero-order chi connectivity index (χ0) is 15.3. The van der Waals surface area contributed by atoms with Gasteiger partial charge in [-0.05, 0) is 18.2 Å². The molecule has 108 valence electrons. The first-order chi connectivity index (χ1) is 9.29. The molecular weight excluding hydrogens is 293 g/mol. The SMILES string of the molecule is NC(=O)CC(NC(=O)Nc1ccc(Cl)cc1F)C(=O)O. The van der Waals surface area contributed by atoms with Crippen LogP contribution in [0.4, 0.5) is 14.9 Å². The summed E-state index contributed by atoms with van der Waals surface area (Å²) in [5.41, 5.74) is 4.67. The number of hydrogen-bond acceptors (Lipinski definition) is 3. The van der Waals surface area contributed by atoms with Crippen molar-refractivity contribution in [2.24, 2.45) is 5.73 Å². The third-order valence-corrected chi connectivity index (χ3v) is 2.42. The third-order valence-electron chi connectivity index (χ3n) is 2.19. The van der Waals surface area contributed by atoms with E-state index in [2.05, 4.69) is 5.32 Å². The highest BCUT2D eigenvalue weighted by Crippen LogP contribution is 2.18. The van der Waals surface area contributed by atoms with E-state index < -0.39 is 36.2 Å². The lowest BCUT2D eigenvalue weighted by molar-refractivity contribution is -0.140. The van der Waals surface area contributed by atoms with Crippen LogP contribution in [0.5, 0.6) is 0 Å². The van der Waals surface area contributed by atoms with Gasteiger partial charge in [-0.2, -0.15) is 0 Å². The standard InChI is InChI=1S/C11H11ClFN3O4/c12-5-1-2-7(6(13)3-5)15-11(20)16-8(10(18)19)4-9(14)17/h1-3,8H,4H2,(H2,14,17)(H,18,19)(H2,15,16,20). The molecule has 5 N–H and O–H groups in total. The fourth-order valence-electron chi connectivity index (χ4n) is 1.31. The molecule has 0 radical (unpaired) electrons. The van der Waals surface area contributed by atoms with E-state index in [0.717, 1.165) is 6.07 Å². The molecule has 1 aromatic carbocycles. The summed E-state index contributed by atoms with van der Waals surface area (Å²) >= 11 is 5.54. The van der Waals surface area contributed by atoms with Gasteiger partial charge in [0, 0.05) is 5.02 Å². The van der Waals surface area contributed by atoms with Crippen LogP contribution in [0.1, 0.15) is 6.42 Å². The van der Waals surface area contributed by atoms with Crippen molar-refractivity contribution < 1.29 is 23.9 Å². The molecule has 0 saturated carbocycles. The molecular formula is C11H11ClFN3O4. The summed E-state index contributed by atoms with van der Waals surface area (Å²) in [5.74, 6) is -3.11. The number of aliphatic carboxylic acids is 1. The number of nitrogens with two attached hydrogens (primary N) is 1. The van der Waals surface area contributed by atoms with Gasteiger partial charge in [-0.1, -0.05) is 11.6 Å². The van der Waals surface area contributed by atoms with Crippen molar-refractivity contribution in [2.75, 3.05) is 5.32 Å². The lowest BCUT2D eigenvalue weighted by atomic mass is 10.2. The maximum absolute atomic E-state index is 13.4. The number of urea groups is 1. The largest absolute Gasteiger partial charge is 0.480 e. The van der Waals surface area contributed by atoms with Crippen LogP contribution in [0, 0.1) is 5.82 Å². The Kier molecular flexibility index (Phi) is 5.27. The number of carboxylic acid groups (broad SMARTS) is 1. The van der Waals surface area contributed by atoms with Gasteiger partial charge in [0.2, 0.25) is 5.91 Å². The number of anilines is 1. The molecule has 0 aliphatic heterocycles. The second-order valence-electron chi connectivity index (χ2n) is 3.78. The van der Waals surface area contributed by atoms with Crippen molar-refractivity contribution >= 4 is 35.2 Å². The van der Waals surface area contributed by atoms with Crippen LogP contribution < -0.4 is 16.4 Å². The van der Waals surface area contributed by atoms with Gasteiger partial charge in [0.15, 0.2) is 0 Å². The van der Waals surface area contributed by atoms with E-state index in [9.17, 15) is 18.8 Å². The van der Waals surface area contributed by atoms with E-state index in [1.165, 1.54) is 12.1 Å². The fourth-order valence-corrected chi connectivity index (χ4v) is 1.47. The molecule has 3 amide bonds. The minimum Gasteiger partial charge on any atom is -0.480 e. The maximum atomic E-state index is 13.4. The van der Waals surface area contributed by atoms with Crippen LogP contribution in [-0.4, -0.2) is 29.1 Å². The molecule has 1 rings (SSSR count). The van der Waals surface area contributed by atoms with Crippen molar-refractivity contribution in [1.82, 2.24) is 5.32 Å². The van der Waals surface area contributed by atoms with Crippen molar-refractivity contribution in [3.05, 3.63) is 29.0 Å². The number of carbonyl (C=O) groups is 3. The number of nitrogens with one attached hydrogen (secondary N) is 2. The summed E-state index contributed by atoms with van der Waals surface area (Å²) in [4.78, 5) is 33.0. The Morgan fingerprint density at radius 1 is 1.40 bits per heavy atom. The Morgan fingerprint density at radius 3 is 2.55 bits per heavy atom. The van der Waals surface area contributed by atoms with Crippen LogP contribution in [0.2, 0.25) is 5.02 Å². The molecule has 1 atom stereocenters. The second kappa shape index (κ2) is 6.71. The van der Waals surface area contributed by atoms with E-state index in [-0.39, 0.29) is 10.7 Å². The third kappa shape index (κ3) is 4.73. The van der Waals surface area contributed by atoms with Gasteiger partial charge < -0.3 is 21.5 Å². The molecule has 0 aliphatic rings. The van der Waals surface area contributed by atoms with Crippen LogP contribution in [-0.2, 0) is 9.59 Å². The quantitative estimate of drug-likeness (QED) is 0.646. The molecule has 1 aromatic rings. The molecule has 0 saturated heterocycles. The van der Waals surface area contributed by atoms with E-state index in [1.807, 2.05) is 5.32 Å². The van der Waals surface area contributed by atoms with Crippen molar-refractivity contribution in [2.45, 2.75) is 12.5 Å². The predicted octanol–water partition coefficient (Wildman–Crippen LogP) is 0.929. The van der Waals surface area contributed by atoms with E-state index in [4.69, 9.17) is 22.4 Å². The topological polar surface area (TPSA) is 122 Å². The second-order valence-corrected chi connectivity index (χ2v) is 4.22. The Morgan fingerprint density at radius 2 is 2.05 bits per heavy atom. The molecule has 7 nitrogen and oxygen atoms in total. The normalized spacial score (nSPS) is 11.5. The summed E-state index contributed by atoms with van der Waals surface area (Å²) < 4.78 is 13.4. The number of primary amides is 1. The number of hydrogen-bond donors (Lipinski definition) is 4. The first-order valence-electron chi connectivity index (χ1n) is 5.33. The van der Waals surface area contributed by atoms with E-state index >= 15 is 0 Å². The Labute approximate surface area is 117 Å². The number of carboxylic acids is 1. The van der Waals surface area contributed by atoms with Gasteiger partial charge in [-0.3, -0.25) is 4.79 Å². The van der Waals surface area contributed by atoms with Gasteiger partial charge >= 0.3 is 12.0 Å². The highest BCUT2D eigenvalue weighted by atomic mass is 35.5. The van der Waals surface area contributed by atoms with Gasteiger partial charge in [0.05, 0.1) is 12.1 Å². The average Bonchev–Trinajstić information content (AvgIpc) is 2.31. The molecule has 0 heterocycles. The Hall–Kier alpha value is -2.35. The van der Waals surface area contributed by atoms with Gasteiger partial charge in [0.1, 0.15) is 11.9 Å². The van der Waals surface area contributed by atoms with E-state index in [1.54, 1.807) is 0 Å². The average molecular weight is 304 g/mol. The minimum absolute atomic E-state index is 0.144. The Balaban J connectivity index is 2.70. The van der Waals surface area contributed by atoms with Crippen molar-refractivity contribution in [1.29, 1.82) is 0 Å². The Bertz CT molecular complexity index is 552. The first-order valence-corrected chi connectivity index (χ1v) is 5.71. The molecule has 0 bridgehead atoms. The lowest BCUT2D eigenvalue weighted by Gasteiger charge is -2.14. The molecule has 0 aliphatic carbocycles. The highest BCUT2D eigenvalue weighted by Gasteiger charge is 2.22. The zero-order valence-electron chi connectivity index (χ0n) is 10.0. The van der Waals surface area contributed by atoms with Gasteiger partial charge in [-0.25, -0.2) is 14.0 Å². The fraction of sp³-hybridized carbons (Fsp3) is 0.182. The van der Waals surface area contributed by atoms with E-state index in [0.29, 0.717) is 0 Å². The highest BCUT2D eigenvalue weighted by molar-refractivity contribution is 6.30. The molecule has 0 spiro atoms. The van der Waals surface area contributed by atoms with Crippen LogP contribution in [0.15, 0.2) is 18.2 Å². The molecule has 0 fully saturated rings. The molecule has 1 unspecified atom stereocenters. The summed E-state index contributed by atoms with van der Waals surface area (Å²) in [6.45, 7) is 0. The predicted molar refractivity (Wildman–Crippen MR) is 68.8 cm³/mol. The minimum atomic E-state index is -1.50. The monoisotopic (exact) mass is 303 g/mol. The lowest BCUT2D eigenvalue weighted by Crippen LogP contribution is -2.45. The maximum Gasteiger partial charge on any atom is 0.326 e. The number of amides is 3. The summed E-state index contributed by atoms with van der Waals surface area (Å²) in [6, 6.07) is 1.05. The van der Waals surface area contributed by atoms with Crippen LogP contribution in [0.25, 0.3) is 0 Å².